The van der Waals surface area contributed by atoms with Crippen LogP contribution in [0.1, 0.15) is 40.0 Å². The average Bonchev–Trinajstić information content (AvgIpc) is 2.46. The lowest BCUT2D eigenvalue weighted by atomic mass is 9.70. The number of carbonyl (C=O) groups is 1. The molecule has 4 heteroatoms. The Kier molecular flexibility index (Phi) is 2.07. The van der Waals surface area contributed by atoms with Crippen LogP contribution >= 0.6 is 0 Å². The number of nitrogens with one attached hydrogen (secondary N) is 1. The van der Waals surface area contributed by atoms with Crippen LogP contribution in [0.4, 0.5) is 4.79 Å². The summed E-state index contributed by atoms with van der Waals surface area (Å²) in [4.78, 5) is 10.6. The smallest absolute Gasteiger partial charge is 0.332 e. The quantitative estimate of drug-likeness (QED) is 0.636. The van der Waals surface area contributed by atoms with E-state index in [1.165, 1.54) is 12.8 Å². The summed E-state index contributed by atoms with van der Waals surface area (Å²) in [5.41, 5.74) is 8.93. The molecule has 0 unspecified atom stereocenters. The van der Waals surface area contributed by atoms with Crippen molar-refractivity contribution in [1.82, 2.24) is 5.43 Å². The molecule has 0 spiro atoms. The van der Waals surface area contributed by atoms with Gasteiger partial charge in [0.05, 0.1) is 0 Å². The van der Waals surface area contributed by atoms with Crippen molar-refractivity contribution >= 4 is 11.7 Å². The van der Waals surface area contributed by atoms with Gasteiger partial charge in [0.15, 0.2) is 0 Å². The molecule has 0 saturated heterocycles. The number of amides is 2. The zero-order chi connectivity index (χ0) is 11.3. The highest BCUT2D eigenvalue weighted by molar-refractivity contribution is 5.94. The predicted octanol–water partition coefficient (Wildman–Crippen LogP) is 1.86. The summed E-state index contributed by atoms with van der Waals surface area (Å²) in [5.74, 6) is 0.705. The van der Waals surface area contributed by atoms with Crippen LogP contribution in [0, 0.1) is 16.7 Å². The fourth-order valence-electron chi connectivity index (χ4n) is 3.22. The monoisotopic (exact) mass is 209 g/mol. The lowest BCUT2D eigenvalue weighted by Crippen LogP contribution is -2.35. The van der Waals surface area contributed by atoms with Gasteiger partial charge in [0.1, 0.15) is 0 Å². The molecular weight excluding hydrogens is 190 g/mol. The topological polar surface area (TPSA) is 67.5 Å². The maximum atomic E-state index is 10.6. The fourth-order valence-corrected chi connectivity index (χ4v) is 3.22. The molecule has 2 fully saturated rings. The van der Waals surface area contributed by atoms with E-state index in [0.717, 1.165) is 12.1 Å². The van der Waals surface area contributed by atoms with Crippen LogP contribution in [0.25, 0.3) is 0 Å². The molecule has 2 atom stereocenters. The first-order valence-electron chi connectivity index (χ1n) is 5.50. The first-order valence-corrected chi connectivity index (χ1v) is 5.50. The third-order valence-corrected chi connectivity index (χ3v) is 4.81. The van der Waals surface area contributed by atoms with Gasteiger partial charge in [0.2, 0.25) is 0 Å². The van der Waals surface area contributed by atoms with E-state index in [4.69, 9.17) is 5.73 Å². The van der Waals surface area contributed by atoms with Gasteiger partial charge in [-0.15, -0.1) is 0 Å². The minimum Gasteiger partial charge on any atom is -0.350 e. The second-order valence-corrected chi connectivity index (χ2v) is 5.53. The van der Waals surface area contributed by atoms with Crippen molar-refractivity contribution in [1.29, 1.82) is 0 Å². The molecule has 2 aliphatic carbocycles. The average molecular weight is 209 g/mol. The molecule has 0 aliphatic heterocycles. The molecule has 2 saturated carbocycles. The van der Waals surface area contributed by atoms with Gasteiger partial charge in [-0.25, -0.2) is 10.2 Å². The van der Waals surface area contributed by atoms with Crippen molar-refractivity contribution in [3.63, 3.8) is 0 Å². The van der Waals surface area contributed by atoms with Crippen LogP contribution in [0.2, 0.25) is 0 Å². The summed E-state index contributed by atoms with van der Waals surface area (Å²) in [6.45, 7) is 6.86. The second kappa shape index (κ2) is 2.97. The Morgan fingerprint density at radius 2 is 2.20 bits per heavy atom. The highest BCUT2D eigenvalue weighted by Crippen LogP contribution is 2.63. The number of hydrogen-bond acceptors (Lipinski definition) is 2. The first kappa shape index (κ1) is 10.5. The van der Waals surface area contributed by atoms with Crippen LogP contribution in [0.5, 0.6) is 0 Å². The van der Waals surface area contributed by atoms with E-state index in [0.29, 0.717) is 11.3 Å². The molecular formula is C11H19N3O. The van der Waals surface area contributed by atoms with Gasteiger partial charge in [-0.3, -0.25) is 0 Å². The second-order valence-electron chi connectivity index (χ2n) is 5.53. The highest BCUT2D eigenvalue weighted by atomic mass is 16.2. The molecule has 0 aromatic carbocycles. The predicted molar refractivity (Wildman–Crippen MR) is 59.4 cm³/mol. The Morgan fingerprint density at radius 3 is 2.60 bits per heavy atom. The van der Waals surface area contributed by atoms with Crippen molar-refractivity contribution in [2.75, 3.05) is 0 Å². The molecule has 2 aliphatic rings. The molecule has 0 aromatic heterocycles. The van der Waals surface area contributed by atoms with Gasteiger partial charge >= 0.3 is 6.03 Å². The number of rotatable bonds is 1. The zero-order valence-electron chi connectivity index (χ0n) is 9.63. The Balaban J connectivity index is 2.26. The number of hydrazone groups is 1. The normalized spacial score (nSPS) is 39.7. The van der Waals surface area contributed by atoms with Gasteiger partial charge in [0.25, 0.3) is 0 Å². The van der Waals surface area contributed by atoms with E-state index in [9.17, 15) is 4.79 Å². The molecule has 0 radical (unpaired) electrons. The Hall–Kier alpha value is -1.06. The van der Waals surface area contributed by atoms with Crippen molar-refractivity contribution in [2.24, 2.45) is 27.6 Å². The molecule has 15 heavy (non-hydrogen) atoms. The lowest BCUT2D eigenvalue weighted by molar-refractivity contribution is 0.193. The summed E-state index contributed by atoms with van der Waals surface area (Å²) in [6.07, 6.45) is 3.45. The summed E-state index contributed by atoms with van der Waals surface area (Å²) < 4.78 is 0. The molecule has 2 amide bonds. The molecule has 3 N–H and O–H groups in total. The molecule has 2 bridgehead atoms. The standard InChI is InChI=1S/C11H19N3O/c1-10(2)7-4-5-11(10,3)8(6-7)13-14-9(12)15/h7H,4-6H2,1-3H3,(H3,12,14,15)/t7-,11-/m1/s1. The summed E-state index contributed by atoms with van der Waals surface area (Å²) in [6, 6.07) is -0.577. The van der Waals surface area contributed by atoms with Gasteiger partial charge in [0, 0.05) is 11.1 Å². The van der Waals surface area contributed by atoms with Crippen LogP contribution < -0.4 is 11.2 Å². The highest BCUT2D eigenvalue weighted by Gasteiger charge is 2.59. The third kappa shape index (κ3) is 1.27. The molecule has 4 nitrogen and oxygen atoms in total. The molecule has 0 heterocycles. The Bertz CT molecular complexity index is 335. The van der Waals surface area contributed by atoms with Gasteiger partial charge < -0.3 is 5.73 Å². The van der Waals surface area contributed by atoms with Crippen LogP contribution in [0.3, 0.4) is 0 Å². The SMILES string of the molecule is CC1(C)[C@@H]2CC[C@]1(C)C(=NNC(N)=O)C2. The maximum absolute atomic E-state index is 10.6. The number of nitrogens with zero attached hydrogens (tertiary/aromatic N) is 1. The summed E-state index contributed by atoms with van der Waals surface area (Å²) >= 11 is 0. The van der Waals surface area contributed by atoms with E-state index in [-0.39, 0.29) is 5.41 Å². The minimum absolute atomic E-state index is 0.139. The number of fused-ring (bicyclic) bond motifs is 2. The number of urea groups is 1. The van der Waals surface area contributed by atoms with E-state index in [1.54, 1.807) is 0 Å². The molecule has 0 aromatic rings. The third-order valence-electron chi connectivity index (χ3n) is 4.81. The van der Waals surface area contributed by atoms with Gasteiger partial charge in [-0.05, 0) is 30.6 Å². The maximum Gasteiger partial charge on any atom is 0.332 e. The van der Waals surface area contributed by atoms with E-state index < -0.39 is 6.03 Å². The van der Waals surface area contributed by atoms with Crippen molar-refractivity contribution in [3.05, 3.63) is 0 Å². The Morgan fingerprint density at radius 1 is 1.53 bits per heavy atom. The number of hydrogen-bond donors (Lipinski definition) is 2. The van der Waals surface area contributed by atoms with Crippen molar-refractivity contribution in [2.45, 2.75) is 40.0 Å². The lowest BCUT2D eigenvalue weighted by Gasteiger charge is -2.34. The van der Waals surface area contributed by atoms with E-state index >= 15 is 0 Å². The molecule has 2 rings (SSSR count). The Labute approximate surface area is 90.3 Å². The van der Waals surface area contributed by atoms with Crippen LogP contribution in [-0.2, 0) is 0 Å². The fraction of sp³-hybridized carbons (Fsp3) is 0.818. The number of carbonyl (C=O) groups excluding carboxylic acids is 1. The van der Waals surface area contributed by atoms with Crippen molar-refractivity contribution in [3.8, 4) is 0 Å². The number of primary amides is 1. The number of nitrogens with two attached hydrogens (primary N) is 1. The minimum atomic E-state index is -0.577. The zero-order valence-corrected chi connectivity index (χ0v) is 9.63. The van der Waals surface area contributed by atoms with E-state index in [2.05, 4.69) is 31.3 Å². The van der Waals surface area contributed by atoms with Crippen molar-refractivity contribution < 1.29 is 4.79 Å². The summed E-state index contributed by atoms with van der Waals surface area (Å²) in [5, 5.41) is 4.16. The largest absolute Gasteiger partial charge is 0.350 e. The van der Waals surface area contributed by atoms with Crippen LogP contribution in [0.15, 0.2) is 5.10 Å². The van der Waals surface area contributed by atoms with Gasteiger partial charge in [-0.1, -0.05) is 20.8 Å². The van der Waals surface area contributed by atoms with Crippen LogP contribution in [-0.4, -0.2) is 11.7 Å². The van der Waals surface area contributed by atoms with Gasteiger partial charge in [-0.2, -0.15) is 5.10 Å². The molecule has 84 valence electrons. The first-order chi connectivity index (χ1) is 6.88. The summed E-state index contributed by atoms with van der Waals surface area (Å²) in [7, 11) is 0. The van der Waals surface area contributed by atoms with E-state index in [1.807, 2.05) is 0 Å².